The highest BCUT2D eigenvalue weighted by Gasteiger charge is 2.25. The first-order valence-electron chi connectivity index (χ1n) is 7.62. The van der Waals surface area contributed by atoms with E-state index in [2.05, 4.69) is 20.5 Å². The molecule has 0 radical (unpaired) electrons. The lowest BCUT2D eigenvalue weighted by molar-refractivity contribution is -0.393. The maximum atomic E-state index is 11.4. The van der Waals surface area contributed by atoms with Crippen LogP contribution in [0, 0.1) is 10.1 Å². The quantitative estimate of drug-likeness (QED) is 0.354. The van der Waals surface area contributed by atoms with Gasteiger partial charge in [0.15, 0.2) is 4.34 Å². The van der Waals surface area contributed by atoms with Crippen molar-refractivity contribution in [2.45, 2.75) is 15.9 Å². The van der Waals surface area contributed by atoms with Gasteiger partial charge in [0.2, 0.25) is 10.2 Å². The Bertz CT molecular complexity index is 1090. The number of hydrogen-bond acceptors (Lipinski definition) is 10. The smallest absolute Gasteiger partial charge is 0.363 e. The van der Waals surface area contributed by atoms with Gasteiger partial charge in [-0.15, -0.1) is 10.2 Å². The molecule has 1 aromatic carbocycles. The van der Waals surface area contributed by atoms with Crippen LogP contribution in [0.5, 0.6) is 5.75 Å². The Hall–Kier alpha value is -2.70. The van der Waals surface area contributed by atoms with E-state index in [-0.39, 0.29) is 5.82 Å². The van der Waals surface area contributed by atoms with Crippen molar-refractivity contribution in [3.63, 3.8) is 0 Å². The molecule has 27 heavy (non-hydrogen) atoms. The summed E-state index contributed by atoms with van der Waals surface area (Å²) in [6, 6.07) is 7.71. The van der Waals surface area contributed by atoms with Crippen LogP contribution in [-0.2, 0) is 6.54 Å². The lowest BCUT2D eigenvalue weighted by Gasteiger charge is -2.03. The molecule has 4 rings (SSSR count). The van der Waals surface area contributed by atoms with Gasteiger partial charge >= 0.3 is 5.82 Å². The highest BCUT2D eigenvalue weighted by Crippen LogP contribution is 2.38. The summed E-state index contributed by atoms with van der Waals surface area (Å²) in [6.45, 7) is 0.587. The molecule has 0 bridgehead atoms. The van der Waals surface area contributed by atoms with E-state index in [1.165, 1.54) is 27.1 Å². The molecular weight excluding hydrogens is 408 g/mol. The average molecular weight is 421 g/mol. The molecule has 3 heterocycles. The monoisotopic (exact) mass is 420 g/mol. The summed E-state index contributed by atoms with van der Waals surface area (Å²) in [6.07, 6.45) is 1.64. The molecule has 138 valence electrons. The Morgan fingerprint density at radius 2 is 2.15 bits per heavy atom. The highest BCUT2D eigenvalue weighted by molar-refractivity contribution is 8.01. The lowest BCUT2D eigenvalue weighted by atomic mass is 10.2. The number of imidazole rings is 1. The van der Waals surface area contributed by atoms with E-state index in [0.29, 0.717) is 26.0 Å². The number of aromatic nitrogens is 4. The van der Waals surface area contributed by atoms with Crippen molar-refractivity contribution in [1.29, 1.82) is 0 Å². The third-order valence-corrected chi connectivity index (χ3v) is 6.23. The molecule has 0 unspecified atom stereocenters. The zero-order valence-electron chi connectivity index (χ0n) is 13.9. The van der Waals surface area contributed by atoms with Gasteiger partial charge in [0, 0.05) is 11.9 Å². The fourth-order valence-electron chi connectivity index (χ4n) is 2.31. The Morgan fingerprint density at radius 1 is 1.33 bits per heavy atom. The highest BCUT2D eigenvalue weighted by atomic mass is 32.2. The first-order chi connectivity index (χ1) is 13.1. The van der Waals surface area contributed by atoms with Crippen molar-refractivity contribution in [2.75, 3.05) is 12.4 Å². The van der Waals surface area contributed by atoms with Crippen molar-refractivity contribution in [3.8, 4) is 5.75 Å². The van der Waals surface area contributed by atoms with Crippen LogP contribution >= 0.6 is 34.4 Å². The minimum Gasteiger partial charge on any atom is -0.497 e. The Kier molecular flexibility index (Phi) is 4.92. The Balaban J connectivity index is 1.46. The van der Waals surface area contributed by atoms with Crippen LogP contribution in [0.25, 0.3) is 4.96 Å². The minimum atomic E-state index is -0.432. The number of methoxy groups -OCH3 is 1. The first-order valence-corrected chi connectivity index (χ1v) is 10.1. The molecule has 12 heteroatoms. The van der Waals surface area contributed by atoms with Gasteiger partial charge in [0.05, 0.1) is 7.11 Å². The summed E-state index contributed by atoms with van der Waals surface area (Å²) < 4.78 is 7.19. The molecule has 0 saturated heterocycles. The number of rotatable bonds is 7. The molecule has 0 atom stereocenters. The molecule has 1 N–H and O–H groups in total. The number of benzene rings is 1. The van der Waals surface area contributed by atoms with E-state index in [1.54, 1.807) is 18.7 Å². The molecule has 0 spiro atoms. The number of ether oxygens (including phenoxy) is 1. The third kappa shape index (κ3) is 3.72. The standard InChI is InChI=1S/C15H12N6O3S3/c1-24-10-4-2-9(3-5-10)8-16-13-18-19-15(27-13)26-11-12(21(22)23)20-6-7-25-14(20)17-11/h2-7H,8H2,1H3,(H,16,18). The summed E-state index contributed by atoms with van der Waals surface area (Å²) in [5.74, 6) is 0.745. The molecular formula is C15H12N6O3S3. The lowest BCUT2D eigenvalue weighted by Crippen LogP contribution is -1.98. The van der Waals surface area contributed by atoms with Gasteiger partial charge in [-0.25, -0.2) is 0 Å². The van der Waals surface area contributed by atoms with E-state index in [1.807, 2.05) is 24.3 Å². The number of fused-ring (bicyclic) bond motifs is 1. The Morgan fingerprint density at radius 3 is 2.89 bits per heavy atom. The number of nitro groups is 1. The minimum absolute atomic E-state index is 0.0563. The Labute approximate surface area is 165 Å². The van der Waals surface area contributed by atoms with Gasteiger partial charge in [-0.1, -0.05) is 34.8 Å². The third-order valence-electron chi connectivity index (χ3n) is 3.57. The van der Waals surface area contributed by atoms with Crippen molar-refractivity contribution < 1.29 is 9.66 Å². The van der Waals surface area contributed by atoms with E-state index >= 15 is 0 Å². The van der Waals surface area contributed by atoms with E-state index in [0.717, 1.165) is 23.1 Å². The van der Waals surface area contributed by atoms with Crippen LogP contribution in [-0.4, -0.2) is 31.6 Å². The van der Waals surface area contributed by atoms with Crippen LogP contribution < -0.4 is 10.1 Å². The summed E-state index contributed by atoms with van der Waals surface area (Å²) in [5.41, 5.74) is 1.07. The van der Waals surface area contributed by atoms with Crippen molar-refractivity contribution in [1.82, 2.24) is 19.6 Å². The number of hydrogen-bond donors (Lipinski definition) is 1. The topological polar surface area (TPSA) is 107 Å². The molecule has 0 amide bonds. The average Bonchev–Trinajstić information content (AvgIpc) is 3.36. The molecule has 0 aliphatic carbocycles. The zero-order valence-corrected chi connectivity index (χ0v) is 16.3. The van der Waals surface area contributed by atoms with E-state index in [9.17, 15) is 10.1 Å². The summed E-state index contributed by atoms with van der Waals surface area (Å²) >= 11 is 3.81. The molecule has 0 aliphatic heterocycles. The zero-order chi connectivity index (χ0) is 18.8. The first kappa shape index (κ1) is 17.7. The number of anilines is 1. The summed E-state index contributed by atoms with van der Waals surface area (Å²) in [5, 5.41) is 25.5. The normalized spacial score (nSPS) is 11.0. The predicted molar refractivity (Wildman–Crippen MR) is 104 cm³/mol. The van der Waals surface area contributed by atoms with E-state index < -0.39 is 4.92 Å². The van der Waals surface area contributed by atoms with Crippen LogP contribution in [0.4, 0.5) is 10.9 Å². The predicted octanol–water partition coefficient (Wildman–Crippen LogP) is 3.93. The number of thiazole rings is 1. The van der Waals surface area contributed by atoms with Crippen LogP contribution in [0.15, 0.2) is 45.2 Å². The second-order valence-electron chi connectivity index (χ2n) is 5.23. The maximum absolute atomic E-state index is 11.4. The summed E-state index contributed by atoms with van der Waals surface area (Å²) in [7, 11) is 1.63. The van der Waals surface area contributed by atoms with Gasteiger partial charge in [-0.3, -0.25) is 0 Å². The maximum Gasteiger partial charge on any atom is 0.363 e. The molecule has 3 aromatic heterocycles. The molecule has 0 saturated carbocycles. The van der Waals surface area contributed by atoms with Gasteiger partial charge in [0.25, 0.3) is 4.96 Å². The van der Waals surface area contributed by atoms with Crippen LogP contribution in [0.2, 0.25) is 0 Å². The largest absolute Gasteiger partial charge is 0.497 e. The number of nitrogens with zero attached hydrogens (tertiary/aromatic N) is 5. The second kappa shape index (κ2) is 7.50. The molecule has 4 aromatic rings. The molecule has 0 fully saturated rings. The van der Waals surface area contributed by atoms with Gasteiger partial charge in [-0.2, -0.15) is 9.38 Å². The SMILES string of the molecule is COc1ccc(CNc2nnc(Sc3nc4sccn4c3[N+](=O)[O-])s2)cc1. The number of nitrogens with one attached hydrogen (secondary N) is 1. The van der Waals surface area contributed by atoms with Crippen LogP contribution in [0.1, 0.15) is 5.56 Å². The van der Waals surface area contributed by atoms with Crippen molar-refractivity contribution in [3.05, 3.63) is 51.5 Å². The summed E-state index contributed by atoms with van der Waals surface area (Å²) in [4.78, 5) is 15.8. The van der Waals surface area contributed by atoms with Gasteiger partial charge in [-0.05, 0) is 34.4 Å². The molecule has 9 nitrogen and oxygen atoms in total. The van der Waals surface area contributed by atoms with Gasteiger partial charge in [0.1, 0.15) is 11.9 Å². The van der Waals surface area contributed by atoms with E-state index in [4.69, 9.17) is 4.74 Å². The fourth-order valence-corrected chi connectivity index (χ4v) is 4.84. The van der Waals surface area contributed by atoms with Gasteiger partial charge < -0.3 is 20.2 Å². The fraction of sp³-hybridized carbons (Fsp3) is 0.133. The van der Waals surface area contributed by atoms with Crippen molar-refractivity contribution >= 4 is 50.3 Å². The van der Waals surface area contributed by atoms with Crippen LogP contribution in [0.3, 0.4) is 0 Å². The van der Waals surface area contributed by atoms with Crippen molar-refractivity contribution in [2.24, 2.45) is 0 Å². The second-order valence-corrected chi connectivity index (χ2v) is 8.32. The molecule has 0 aliphatic rings.